The molecule has 0 atom stereocenters. The van der Waals surface area contributed by atoms with Crippen LogP contribution in [0.1, 0.15) is 15.9 Å². The molecule has 0 radical (unpaired) electrons. The highest BCUT2D eigenvalue weighted by molar-refractivity contribution is 8.00. The van der Waals surface area contributed by atoms with Crippen molar-refractivity contribution in [2.45, 2.75) is 11.1 Å². The van der Waals surface area contributed by atoms with Crippen molar-refractivity contribution in [2.75, 3.05) is 5.75 Å². The summed E-state index contributed by atoms with van der Waals surface area (Å²) in [7, 11) is 0. The Morgan fingerprint density at radius 2 is 1.76 bits per heavy atom. The zero-order chi connectivity index (χ0) is 15.5. The minimum atomic E-state index is -4.48. The number of thioether (sulfide) groups is 1. The molecule has 0 N–H and O–H groups in total. The molecule has 0 aliphatic carbocycles. The molecule has 0 amide bonds. The van der Waals surface area contributed by atoms with Gasteiger partial charge in [-0.15, -0.1) is 11.8 Å². The van der Waals surface area contributed by atoms with Crippen LogP contribution in [0.2, 0.25) is 0 Å². The molecule has 0 aliphatic heterocycles. The summed E-state index contributed by atoms with van der Waals surface area (Å²) in [5, 5.41) is 0. The van der Waals surface area contributed by atoms with Crippen molar-refractivity contribution < 1.29 is 22.4 Å². The number of carbonyl (C=O) groups excluding carboxylic acids is 1. The highest BCUT2D eigenvalue weighted by Gasteiger charge is 2.30. The Bertz CT molecular complexity index is 652. The molecule has 0 saturated carbocycles. The van der Waals surface area contributed by atoms with Crippen LogP contribution in [0.4, 0.5) is 17.6 Å². The summed E-state index contributed by atoms with van der Waals surface area (Å²) in [6.07, 6.45) is -4.48. The maximum Gasteiger partial charge on any atom is 0.416 e. The Kier molecular flexibility index (Phi) is 4.67. The number of hydrogen-bond acceptors (Lipinski definition) is 2. The molecule has 21 heavy (non-hydrogen) atoms. The molecule has 0 saturated heterocycles. The molecule has 0 aromatic heterocycles. The van der Waals surface area contributed by atoms with Gasteiger partial charge in [-0.05, 0) is 30.3 Å². The van der Waals surface area contributed by atoms with E-state index in [1.165, 1.54) is 30.3 Å². The van der Waals surface area contributed by atoms with Crippen molar-refractivity contribution in [3.05, 3.63) is 65.5 Å². The Balaban J connectivity index is 2.07. The number of hydrogen-bond donors (Lipinski definition) is 0. The summed E-state index contributed by atoms with van der Waals surface area (Å²) < 4.78 is 50.7. The number of halogens is 4. The lowest BCUT2D eigenvalue weighted by Gasteiger charge is -2.08. The monoisotopic (exact) mass is 314 g/mol. The Morgan fingerprint density at radius 1 is 1.05 bits per heavy atom. The first-order valence-electron chi connectivity index (χ1n) is 5.95. The molecule has 2 aromatic carbocycles. The summed E-state index contributed by atoms with van der Waals surface area (Å²) >= 11 is 1.08. The first kappa shape index (κ1) is 15.6. The second-order valence-electron chi connectivity index (χ2n) is 4.25. The summed E-state index contributed by atoms with van der Waals surface area (Å²) in [5.74, 6) is -0.910. The van der Waals surface area contributed by atoms with E-state index in [9.17, 15) is 22.4 Å². The quantitative estimate of drug-likeness (QED) is 0.457. The van der Waals surface area contributed by atoms with Crippen LogP contribution in [-0.2, 0) is 6.18 Å². The Morgan fingerprint density at radius 3 is 2.43 bits per heavy atom. The zero-order valence-electron chi connectivity index (χ0n) is 10.7. The largest absolute Gasteiger partial charge is 0.416 e. The van der Waals surface area contributed by atoms with Gasteiger partial charge in [-0.25, -0.2) is 4.39 Å². The Labute approximate surface area is 123 Å². The topological polar surface area (TPSA) is 17.1 Å². The van der Waals surface area contributed by atoms with E-state index < -0.39 is 23.3 Å². The number of alkyl halides is 3. The minimum Gasteiger partial charge on any atom is -0.293 e. The average molecular weight is 314 g/mol. The lowest BCUT2D eigenvalue weighted by molar-refractivity contribution is -0.137. The fourth-order valence-electron chi connectivity index (χ4n) is 1.66. The standard InChI is InChI=1S/C15H10F4OS/c16-12-5-2-6-13(8-12)21-9-14(20)10-3-1-4-11(7-10)15(17,18)19/h1-8H,9H2. The van der Waals surface area contributed by atoms with Crippen LogP contribution < -0.4 is 0 Å². The predicted octanol–water partition coefficient (Wildman–Crippen LogP) is 4.82. The predicted molar refractivity (Wildman–Crippen MR) is 72.9 cm³/mol. The van der Waals surface area contributed by atoms with E-state index in [2.05, 4.69) is 0 Å². The lowest BCUT2D eigenvalue weighted by atomic mass is 10.1. The number of carbonyl (C=O) groups is 1. The lowest BCUT2D eigenvalue weighted by Crippen LogP contribution is -2.08. The van der Waals surface area contributed by atoms with Crippen molar-refractivity contribution >= 4 is 17.5 Å². The van der Waals surface area contributed by atoms with Gasteiger partial charge in [-0.1, -0.05) is 18.2 Å². The van der Waals surface area contributed by atoms with E-state index in [1.54, 1.807) is 6.07 Å². The molecule has 6 heteroatoms. The van der Waals surface area contributed by atoms with E-state index in [1.807, 2.05) is 0 Å². The number of benzene rings is 2. The van der Waals surface area contributed by atoms with Gasteiger partial charge >= 0.3 is 6.18 Å². The van der Waals surface area contributed by atoms with Gasteiger partial charge in [0.05, 0.1) is 11.3 Å². The average Bonchev–Trinajstić information content (AvgIpc) is 2.44. The minimum absolute atomic E-state index is 0.00581. The van der Waals surface area contributed by atoms with E-state index in [0.29, 0.717) is 4.90 Å². The normalized spacial score (nSPS) is 11.4. The smallest absolute Gasteiger partial charge is 0.293 e. The number of rotatable bonds is 4. The molecular weight excluding hydrogens is 304 g/mol. The van der Waals surface area contributed by atoms with Gasteiger partial charge in [-0.3, -0.25) is 4.79 Å². The molecule has 2 aromatic rings. The summed E-state index contributed by atoms with van der Waals surface area (Å²) in [4.78, 5) is 12.5. The second kappa shape index (κ2) is 6.30. The van der Waals surface area contributed by atoms with Crippen molar-refractivity contribution in [3.8, 4) is 0 Å². The van der Waals surface area contributed by atoms with Crippen LogP contribution in [0.15, 0.2) is 53.4 Å². The van der Waals surface area contributed by atoms with Gasteiger partial charge in [0.2, 0.25) is 0 Å². The SMILES string of the molecule is O=C(CSc1cccc(F)c1)c1cccc(C(F)(F)F)c1. The van der Waals surface area contributed by atoms with Gasteiger partial charge in [0.25, 0.3) is 0 Å². The molecule has 1 nitrogen and oxygen atoms in total. The summed E-state index contributed by atoms with van der Waals surface area (Å²) in [6, 6.07) is 9.96. The third-order valence-electron chi connectivity index (χ3n) is 2.68. The van der Waals surface area contributed by atoms with E-state index in [-0.39, 0.29) is 11.3 Å². The first-order valence-corrected chi connectivity index (χ1v) is 6.93. The highest BCUT2D eigenvalue weighted by Crippen LogP contribution is 2.30. The van der Waals surface area contributed by atoms with Crippen LogP contribution in [0, 0.1) is 5.82 Å². The van der Waals surface area contributed by atoms with Crippen LogP contribution in [0.3, 0.4) is 0 Å². The molecular formula is C15H10F4OS. The van der Waals surface area contributed by atoms with Crippen molar-refractivity contribution in [2.24, 2.45) is 0 Å². The maximum atomic E-state index is 13.0. The molecule has 0 aliphatic rings. The van der Waals surface area contributed by atoms with Crippen LogP contribution >= 0.6 is 11.8 Å². The molecule has 0 heterocycles. The molecule has 2 rings (SSSR count). The molecule has 0 bridgehead atoms. The third-order valence-corrected chi connectivity index (χ3v) is 3.67. The summed E-state index contributed by atoms with van der Waals surface area (Å²) in [5.41, 5.74) is -0.863. The van der Waals surface area contributed by atoms with Crippen molar-refractivity contribution in [3.63, 3.8) is 0 Å². The fourth-order valence-corrected chi connectivity index (χ4v) is 2.49. The molecule has 110 valence electrons. The van der Waals surface area contributed by atoms with Gasteiger partial charge < -0.3 is 0 Å². The zero-order valence-corrected chi connectivity index (χ0v) is 11.5. The van der Waals surface area contributed by atoms with E-state index in [4.69, 9.17) is 0 Å². The van der Waals surface area contributed by atoms with E-state index >= 15 is 0 Å². The van der Waals surface area contributed by atoms with Crippen LogP contribution in [-0.4, -0.2) is 11.5 Å². The van der Waals surface area contributed by atoms with Crippen LogP contribution in [0.5, 0.6) is 0 Å². The van der Waals surface area contributed by atoms with Crippen LogP contribution in [0.25, 0.3) is 0 Å². The summed E-state index contributed by atoms with van der Waals surface area (Å²) in [6.45, 7) is 0. The van der Waals surface area contributed by atoms with E-state index in [0.717, 1.165) is 23.9 Å². The third kappa shape index (κ3) is 4.32. The van der Waals surface area contributed by atoms with Gasteiger partial charge in [0.15, 0.2) is 5.78 Å². The fraction of sp³-hybridized carbons (Fsp3) is 0.133. The Hall–Kier alpha value is -1.82. The number of ketones is 1. The molecule has 0 spiro atoms. The maximum absolute atomic E-state index is 13.0. The number of Topliss-reactive ketones (excluding diaryl/α,β-unsaturated/α-hetero) is 1. The van der Waals surface area contributed by atoms with Gasteiger partial charge in [0.1, 0.15) is 5.82 Å². The van der Waals surface area contributed by atoms with Gasteiger partial charge in [0, 0.05) is 10.5 Å². The molecule has 0 fully saturated rings. The van der Waals surface area contributed by atoms with Crippen molar-refractivity contribution in [1.82, 2.24) is 0 Å². The van der Waals surface area contributed by atoms with Gasteiger partial charge in [-0.2, -0.15) is 13.2 Å². The van der Waals surface area contributed by atoms with Crippen molar-refractivity contribution in [1.29, 1.82) is 0 Å². The highest BCUT2D eigenvalue weighted by atomic mass is 32.2. The molecule has 0 unspecified atom stereocenters. The first-order chi connectivity index (χ1) is 9.86. The second-order valence-corrected chi connectivity index (χ2v) is 5.30.